The Labute approximate surface area is 80.3 Å². The molecule has 13 heavy (non-hydrogen) atoms. The van der Waals surface area contributed by atoms with Gasteiger partial charge in [-0.15, -0.1) is 0 Å². The van der Waals surface area contributed by atoms with E-state index in [-0.39, 0.29) is 5.91 Å². The number of piperidine rings is 1. The van der Waals surface area contributed by atoms with Gasteiger partial charge in [0, 0.05) is 19.0 Å². The number of carbonyl (C=O) groups excluding carboxylic acids is 1. The summed E-state index contributed by atoms with van der Waals surface area (Å²) in [7, 11) is 0. The quantitative estimate of drug-likeness (QED) is 0.684. The van der Waals surface area contributed by atoms with Gasteiger partial charge in [0.15, 0.2) is 0 Å². The van der Waals surface area contributed by atoms with Crippen molar-refractivity contribution in [2.45, 2.75) is 39.2 Å². The summed E-state index contributed by atoms with van der Waals surface area (Å²) in [6.45, 7) is 6.14. The van der Waals surface area contributed by atoms with E-state index < -0.39 is 0 Å². The van der Waals surface area contributed by atoms with Gasteiger partial charge >= 0.3 is 0 Å². The Morgan fingerprint density at radius 3 is 2.85 bits per heavy atom. The van der Waals surface area contributed by atoms with Crippen molar-refractivity contribution < 1.29 is 4.79 Å². The van der Waals surface area contributed by atoms with Crippen LogP contribution >= 0.6 is 0 Å². The first-order valence-electron chi connectivity index (χ1n) is 5.26. The summed E-state index contributed by atoms with van der Waals surface area (Å²) in [6, 6.07) is 0.353. The van der Waals surface area contributed by atoms with E-state index in [9.17, 15) is 4.79 Å². The Kier molecular flexibility index (Phi) is 4.22. The van der Waals surface area contributed by atoms with Crippen molar-refractivity contribution in [3.05, 3.63) is 0 Å². The molecule has 0 aromatic rings. The monoisotopic (exact) mass is 184 g/mol. The number of carbonyl (C=O) groups is 1. The van der Waals surface area contributed by atoms with Crippen LogP contribution in [0.3, 0.4) is 0 Å². The van der Waals surface area contributed by atoms with Crippen molar-refractivity contribution in [2.24, 2.45) is 5.92 Å². The average Bonchev–Trinajstić information content (AvgIpc) is 2.18. The lowest BCUT2D eigenvalue weighted by Gasteiger charge is -2.29. The van der Waals surface area contributed by atoms with Crippen LogP contribution in [0, 0.1) is 5.92 Å². The van der Waals surface area contributed by atoms with E-state index in [1.165, 1.54) is 6.42 Å². The van der Waals surface area contributed by atoms with Crippen molar-refractivity contribution in [3.8, 4) is 0 Å². The highest BCUT2D eigenvalue weighted by atomic mass is 16.1. The first-order valence-corrected chi connectivity index (χ1v) is 5.26. The van der Waals surface area contributed by atoms with E-state index in [1.54, 1.807) is 0 Å². The zero-order valence-corrected chi connectivity index (χ0v) is 8.60. The van der Waals surface area contributed by atoms with Gasteiger partial charge in [0.2, 0.25) is 5.91 Å². The van der Waals surface area contributed by atoms with Gasteiger partial charge < -0.3 is 10.6 Å². The molecule has 1 aliphatic heterocycles. The zero-order chi connectivity index (χ0) is 9.68. The van der Waals surface area contributed by atoms with Crippen molar-refractivity contribution in [1.82, 2.24) is 10.6 Å². The highest BCUT2D eigenvalue weighted by Crippen LogP contribution is 2.13. The molecule has 0 spiro atoms. The minimum Gasteiger partial charge on any atom is -0.352 e. The summed E-state index contributed by atoms with van der Waals surface area (Å²) in [4.78, 5) is 11.1. The molecule has 2 atom stereocenters. The van der Waals surface area contributed by atoms with Crippen LogP contribution in [-0.2, 0) is 4.79 Å². The molecular weight excluding hydrogens is 164 g/mol. The summed E-state index contributed by atoms with van der Waals surface area (Å²) in [5.74, 6) is 0.902. The van der Waals surface area contributed by atoms with E-state index >= 15 is 0 Å². The molecule has 0 radical (unpaired) electrons. The van der Waals surface area contributed by atoms with Gasteiger partial charge in [-0.1, -0.05) is 20.3 Å². The second kappa shape index (κ2) is 5.22. The van der Waals surface area contributed by atoms with Gasteiger partial charge in [0.1, 0.15) is 0 Å². The molecule has 1 heterocycles. The molecular formula is C10H20N2O. The van der Waals surface area contributed by atoms with Gasteiger partial charge in [-0.05, 0) is 18.9 Å². The molecule has 1 amide bonds. The normalized spacial score (nSPS) is 28.5. The fraction of sp³-hybridized carbons (Fsp3) is 0.900. The van der Waals surface area contributed by atoms with Gasteiger partial charge in [0.05, 0.1) is 0 Å². The van der Waals surface area contributed by atoms with Gasteiger partial charge in [0.25, 0.3) is 0 Å². The summed E-state index contributed by atoms with van der Waals surface area (Å²) in [5.41, 5.74) is 0. The molecule has 2 N–H and O–H groups in total. The standard InChI is InChI=1S/C10H20N2O/c1-3-8-5-9(7-11-6-8)12-10(13)4-2/h8-9,11H,3-7H2,1-2H3,(H,12,13). The lowest BCUT2D eigenvalue weighted by molar-refractivity contribution is -0.121. The summed E-state index contributed by atoms with van der Waals surface area (Å²) >= 11 is 0. The molecule has 1 saturated heterocycles. The van der Waals surface area contributed by atoms with E-state index in [0.717, 1.165) is 25.4 Å². The maximum absolute atomic E-state index is 11.1. The van der Waals surface area contributed by atoms with Crippen LogP contribution in [0.4, 0.5) is 0 Å². The largest absolute Gasteiger partial charge is 0.352 e. The van der Waals surface area contributed by atoms with E-state index in [2.05, 4.69) is 17.6 Å². The molecule has 3 nitrogen and oxygen atoms in total. The predicted octanol–water partition coefficient (Wildman–Crippen LogP) is 0.901. The number of hydrogen-bond donors (Lipinski definition) is 2. The smallest absolute Gasteiger partial charge is 0.219 e. The topological polar surface area (TPSA) is 41.1 Å². The third kappa shape index (κ3) is 3.35. The van der Waals surface area contributed by atoms with Crippen LogP contribution in [-0.4, -0.2) is 25.0 Å². The van der Waals surface area contributed by atoms with Crippen LogP contribution in [0.1, 0.15) is 33.1 Å². The molecule has 1 rings (SSSR count). The molecule has 0 aromatic carbocycles. The zero-order valence-electron chi connectivity index (χ0n) is 8.60. The molecule has 2 unspecified atom stereocenters. The Morgan fingerprint density at radius 2 is 2.23 bits per heavy atom. The second-order valence-corrected chi connectivity index (χ2v) is 3.79. The minimum absolute atomic E-state index is 0.170. The highest BCUT2D eigenvalue weighted by molar-refractivity contribution is 5.75. The molecule has 3 heteroatoms. The fourth-order valence-electron chi connectivity index (χ4n) is 1.78. The fourth-order valence-corrected chi connectivity index (χ4v) is 1.78. The first-order chi connectivity index (χ1) is 6.26. The Hall–Kier alpha value is -0.570. The first kappa shape index (κ1) is 10.5. The molecule has 0 bridgehead atoms. The van der Waals surface area contributed by atoms with E-state index in [0.29, 0.717) is 12.5 Å². The van der Waals surface area contributed by atoms with Gasteiger partial charge in [-0.3, -0.25) is 4.79 Å². The Bertz CT molecular complexity index is 170. The molecule has 0 aliphatic carbocycles. The van der Waals surface area contributed by atoms with Gasteiger partial charge in [-0.2, -0.15) is 0 Å². The van der Waals surface area contributed by atoms with Crippen LogP contribution in [0.5, 0.6) is 0 Å². The molecule has 1 aliphatic rings. The van der Waals surface area contributed by atoms with Crippen molar-refractivity contribution in [1.29, 1.82) is 0 Å². The number of rotatable bonds is 3. The lowest BCUT2D eigenvalue weighted by atomic mass is 9.93. The lowest BCUT2D eigenvalue weighted by Crippen LogP contribution is -2.48. The van der Waals surface area contributed by atoms with Crippen LogP contribution in [0.25, 0.3) is 0 Å². The maximum atomic E-state index is 11.1. The number of amides is 1. The van der Waals surface area contributed by atoms with E-state index in [4.69, 9.17) is 0 Å². The Balaban J connectivity index is 2.29. The summed E-state index contributed by atoms with van der Waals surface area (Å²) < 4.78 is 0. The molecule has 0 aromatic heterocycles. The van der Waals surface area contributed by atoms with Crippen LogP contribution < -0.4 is 10.6 Å². The van der Waals surface area contributed by atoms with Crippen LogP contribution in [0.15, 0.2) is 0 Å². The maximum Gasteiger partial charge on any atom is 0.219 e. The van der Waals surface area contributed by atoms with Crippen molar-refractivity contribution >= 4 is 5.91 Å². The second-order valence-electron chi connectivity index (χ2n) is 3.79. The third-order valence-corrected chi connectivity index (χ3v) is 2.71. The van der Waals surface area contributed by atoms with Gasteiger partial charge in [-0.25, -0.2) is 0 Å². The average molecular weight is 184 g/mol. The van der Waals surface area contributed by atoms with Crippen molar-refractivity contribution in [3.63, 3.8) is 0 Å². The molecule has 0 saturated carbocycles. The summed E-state index contributed by atoms with van der Waals surface area (Å²) in [6.07, 6.45) is 2.92. The van der Waals surface area contributed by atoms with Crippen molar-refractivity contribution in [2.75, 3.05) is 13.1 Å². The van der Waals surface area contributed by atoms with E-state index in [1.807, 2.05) is 6.92 Å². The molecule has 76 valence electrons. The number of hydrogen-bond acceptors (Lipinski definition) is 2. The third-order valence-electron chi connectivity index (χ3n) is 2.71. The predicted molar refractivity (Wildman–Crippen MR) is 53.5 cm³/mol. The van der Waals surface area contributed by atoms with Crippen LogP contribution in [0.2, 0.25) is 0 Å². The number of nitrogens with one attached hydrogen (secondary N) is 2. The minimum atomic E-state index is 0.170. The Morgan fingerprint density at radius 1 is 1.46 bits per heavy atom. The SMILES string of the molecule is CCC(=O)NC1CNCC(CC)C1. The highest BCUT2D eigenvalue weighted by Gasteiger charge is 2.20. The summed E-state index contributed by atoms with van der Waals surface area (Å²) in [5, 5.41) is 6.38. The molecule has 1 fully saturated rings.